The molecule has 0 aliphatic carbocycles. The van der Waals surface area contributed by atoms with Gasteiger partial charge in [-0.15, -0.1) is 11.3 Å². The number of likely N-dealkylation sites (tertiary alicyclic amines) is 1. The normalized spacial score (nSPS) is 18.6. The maximum atomic E-state index is 12.7. The Bertz CT molecular complexity index is 414. The molecule has 0 radical (unpaired) electrons. The summed E-state index contributed by atoms with van der Waals surface area (Å²) in [5.41, 5.74) is 0.518. The van der Waals surface area contributed by atoms with Gasteiger partial charge in [0.1, 0.15) is 0 Å². The lowest BCUT2D eigenvalue weighted by molar-refractivity contribution is 0.0650. The molecule has 3 heteroatoms. The fraction of sp³-hybridized carbons (Fsp3) is 0.667. The van der Waals surface area contributed by atoms with E-state index in [0.717, 1.165) is 18.7 Å². The van der Waals surface area contributed by atoms with Crippen molar-refractivity contribution in [3.05, 3.63) is 21.9 Å². The molecule has 1 aliphatic heterocycles. The minimum absolute atomic E-state index is 0.272. The number of aryl methyl sites for hydroxylation is 1. The van der Waals surface area contributed by atoms with Crippen molar-refractivity contribution in [3.8, 4) is 0 Å². The molecule has 2 rings (SSSR count). The second kappa shape index (κ2) is 5.54. The van der Waals surface area contributed by atoms with Gasteiger partial charge in [-0.1, -0.05) is 12.8 Å². The average molecular weight is 265 g/mol. The molecular weight excluding hydrogens is 242 g/mol. The van der Waals surface area contributed by atoms with Crippen molar-refractivity contribution in [2.45, 2.75) is 52.0 Å². The van der Waals surface area contributed by atoms with Crippen molar-refractivity contribution in [1.82, 2.24) is 4.90 Å². The molecule has 0 saturated carbocycles. The van der Waals surface area contributed by atoms with Gasteiger partial charge < -0.3 is 0 Å². The van der Waals surface area contributed by atoms with Crippen molar-refractivity contribution in [3.63, 3.8) is 0 Å². The summed E-state index contributed by atoms with van der Waals surface area (Å²) in [6.45, 7) is 8.32. The van der Waals surface area contributed by atoms with Crippen LogP contribution in [0.1, 0.15) is 54.8 Å². The number of hydrogen-bond donors (Lipinski definition) is 0. The first kappa shape index (κ1) is 13.8. The molecule has 0 unspecified atom stereocenters. The largest absolute Gasteiger partial charge is 0.292 e. The SMILES string of the molecule is Cc1cc(C(=O)C(C)(C)N2CCCCCC2)cs1. The van der Waals surface area contributed by atoms with E-state index >= 15 is 0 Å². The minimum Gasteiger partial charge on any atom is -0.292 e. The highest BCUT2D eigenvalue weighted by Gasteiger charge is 2.35. The van der Waals surface area contributed by atoms with Gasteiger partial charge in [-0.05, 0) is 52.8 Å². The van der Waals surface area contributed by atoms with E-state index in [9.17, 15) is 4.79 Å². The van der Waals surface area contributed by atoms with E-state index in [1.165, 1.54) is 30.6 Å². The van der Waals surface area contributed by atoms with E-state index in [1.54, 1.807) is 11.3 Å². The molecule has 0 aromatic carbocycles. The quantitative estimate of drug-likeness (QED) is 0.773. The topological polar surface area (TPSA) is 20.3 Å². The maximum absolute atomic E-state index is 12.7. The number of ketones is 1. The maximum Gasteiger partial charge on any atom is 0.183 e. The summed E-state index contributed by atoms with van der Waals surface area (Å²) in [7, 11) is 0. The van der Waals surface area contributed by atoms with Crippen molar-refractivity contribution in [1.29, 1.82) is 0 Å². The molecule has 0 bridgehead atoms. The molecule has 18 heavy (non-hydrogen) atoms. The summed E-state index contributed by atoms with van der Waals surface area (Å²) in [6.07, 6.45) is 5.05. The smallest absolute Gasteiger partial charge is 0.183 e. The second-order valence-electron chi connectivity index (χ2n) is 5.74. The predicted molar refractivity (Wildman–Crippen MR) is 77.5 cm³/mol. The summed E-state index contributed by atoms with van der Waals surface area (Å²) in [4.78, 5) is 16.2. The van der Waals surface area contributed by atoms with E-state index in [0.29, 0.717) is 0 Å². The predicted octanol–water partition coefficient (Wildman–Crippen LogP) is 3.89. The molecule has 2 nitrogen and oxygen atoms in total. The van der Waals surface area contributed by atoms with E-state index in [2.05, 4.69) is 25.7 Å². The summed E-state index contributed by atoms with van der Waals surface area (Å²) in [6, 6.07) is 2.02. The molecule has 1 fully saturated rings. The molecule has 0 atom stereocenters. The van der Waals surface area contributed by atoms with Crippen LogP contribution in [-0.2, 0) is 0 Å². The van der Waals surface area contributed by atoms with E-state index < -0.39 is 0 Å². The number of carbonyl (C=O) groups is 1. The Kier molecular flexibility index (Phi) is 4.23. The molecule has 1 aliphatic rings. The van der Waals surface area contributed by atoms with Gasteiger partial charge in [0.05, 0.1) is 5.54 Å². The van der Waals surface area contributed by atoms with Crippen LogP contribution in [0.2, 0.25) is 0 Å². The number of thiophene rings is 1. The third kappa shape index (κ3) is 2.83. The summed E-state index contributed by atoms with van der Waals surface area (Å²) >= 11 is 1.66. The third-order valence-corrected chi connectivity index (χ3v) is 4.81. The Morgan fingerprint density at radius 2 is 1.83 bits per heavy atom. The summed E-state index contributed by atoms with van der Waals surface area (Å²) in [5, 5.41) is 2.00. The monoisotopic (exact) mass is 265 g/mol. The van der Waals surface area contributed by atoms with Gasteiger partial charge in [0, 0.05) is 15.8 Å². The van der Waals surface area contributed by atoms with Crippen molar-refractivity contribution in [2.24, 2.45) is 0 Å². The van der Waals surface area contributed by atoms with Crippen LogP contribution in [0.5, 0.6) is 0 Å². The number of rotatable bonds is 3. The van der Waals surface area contributed by atoms with Gasteiger partial charge in [-0.2, -0.15) is 0 Å². The van der Waals surface area contributed by atoms with Crippen LogP contribution in [0.4, 0.5) is 0 Å². The zero-order valence-corrected chi connectivity index (χ0v) is 12.5. The van der Waals surface area contributed by atoms with Gasteiger partial charge in [0.2, 0.25) is 0 Å². The van der Waals surface area contributed by atoms with Crippen LogP contribution in [-0.4, -0.2) is 29.3 Å². The Balaban J connectivity index is 2.15. The number of hydrogen-bond acceptors (Lipinski definition) is 3. The van der Waals surface area contributed by atoms with Gasteiger partial charge in [0.15, 0.2) is 5.78 Å². The fourth-order valence-electron chi connectivity index (χ4n) is 2.69. The highest BCUT2D eigenvalue weighted by molar-refractivity contribution is 7.10. The molecular formula is C15H23NOS. The first-order chi connectivity index (χ1) is 8.51. The van der Waals surface area contributed by atoms with Crippen molar-refractivity contribution < 1.29 is 4.79 Å². The van der Waals surface area contributed by atoms with Crippen LogP contribution in [0.3, 0.4) is 0 Å². The van der Waals surface area contributed by atoms with Crippen LogP contribution in [0, 0.1) is 6.92 Å². The number of carbonyl (C=O) groups excluding carboxylic acids is 1. The Hall–Kier alpha value is -0.670. The van der Waals surface area contributed by atoms with Crippen molar-refractivity contribution >= 4 is 17.1 Å². The first-order valence-electron chi connectivity index (χ1n) is 6.87. The number of Topliss-reactive ketones (excluding diaryl/α,β-unsaturated/α-hetero) is 1. The summed E-state index contributed by atoms with van der Waals surface area (Å²) in [5.74, 6) is 0.272. The first-order valence-corrected chi connectivity index (χ1v) is 7.75. The molecule has 1 aromatic heterocycles. The molecule has 100 valence electrons. The van der Waals surface area contributed by atoms with E-state index in [1.807, 2.05) is 11.4 Å². The van der Waals surface area contributed by atoms with Gasteiger partial charge in [-0.3, -0.25) is 9.69 Å². The lowest BCUT2D eigenvalue weighted by Crippen LogP contribution is -2.50. The lowest BCUT2D eigenvalue weighted by atomic mass is 9.92. The third-order valence-electron chi connectivity index (χ3n) is 3.95. The fourth-order valence-corrected chi connectivity index (χ4v) is 3.37. The zero-order valence-electron chi connectivity index (χ0n) is 11.7. The Morgan fingerprint density at radius 3 is 2.33 bits per heavy atom. The van der Waals surface area contributed by atoms with Crippen LogP contribution in [0.15, 0.2) is 11.4 Å². The van der Waals surface area contributed by atoms with Gasteiger partial charge in [0.25, 0.3) is 0 Å². The minimum atomic E-state index is -0.363. The van der Waals surface area contributed by atoms with Gasteiger partial charge >= 0.3 is 0 Å². The highest BCUT2D eigenvalue weighted by atomic mass is 32.1. The molecule has 0 spiro atoms. The highest BCUT2D eigenvalue weighted by Crippen LogP contribution is 2.26. The van der Waals surface area contributed by atoms with Crippen LogP contribution < -0.4 is 0 Å². The van der Waals surface area contributed by atoms with E-state index in [-0.39, 0.29) is 11.3 Å². The Morgan fingerprint density at radius 1 is 1.22 bits per heavy atom. The van der Waals surface area contributed by atoms with E-state index in [4.69, 9.17) is 0 Å². The molecule has 0 amide bonds. The molecule has 1 saturated heterocycles. The van der Waals surface area contributed by atoms with Gasteiger partial charge in [-0.25, -0.2) is 0 Å². The molecule has 1 aromatic rings. The second-order valence-corrected chi connectivity index (χ2v) is 6.85. The lowest BCUT2D eigenvalue weighted by Gasteiger charge is -2.36. The van der Waals surface area contributed by atoms with Crippen LogP contribution >= 0.6 is 11.3 Å². The molecule has 2 heterocycles. The number of nitrogens with zero attached hydrogens (tertiary/aromatic N) is 1. The zero-order chi connectivity index (χ0) is 13.2. The Labute approximate surface area is 114 Å². The van der Waals surface area contributed by atoms with Crippen LogP contribution in [0.25, 0.3) is 0 Å². The molecule has 0 N–H and O–H groups in total. The summed E-state index contributed by atoms with van der Waals surface area (Å²) < 4.78 is 0. The standard InChI is InChI=1S/C15H23NOS/c1-12-10-13(11-18-12)14(17)15(2,3)16-8-6-4-5-7-9-16/h10-11H,4-9H2,1-3H3. The van der Waals surface area contributed by atoms with Crippen molar-refractivity contribution in [2.75, 3.05) is 13.1 Å². The average Bonchev–Trinajstić information content (AvgIpc) is 2.61.